The Balaban J connectivity index is 2.29. The molecule has 0 saturated carbocycles. The summed E-state index contributed by atoms with van der Waals surface area (Å²) in [6.45, 7) is 3.72. The molecule has 0 atom stereocenters. The molecule has 2 rings (SSSR count). The van der Waals surface area contributed by atoms with E-state index in [2.05, 4.69) is 4.98 Å². The Hall–Kier alpha value is -2.26. The Morgan fingerprint density at radius 2 is 2.00 bits per heavy atom. The molecule has 0 saturated heterocycles. The van der Waals surface area contributed by atoms with Crippen molar-refractivity contribution in [3.05, 3.63) is 52.5 Å². The summed E-state index contributed by atoms with van der Waals surface area (Å²) in [6, 6.07) is 6.16. The Kier molecular flexibility index (Phi) is 4.81. The third-order valence-corrected chi connectivity index (χ3v) is 5.12. The number of imidazole rings is 1. The second-order valence-electron chi connectivity index (χ2n) is 5.40. The highest BCUT2D eigenvalue weighted by Gasteiger charge is 2.26. The van der Waals surface area contributed by atoms with Gasteiger partial charge in [-0.3, -0.25) is 10.1 Å². The molecule has 23 heavy (non-hydrogen) atoms. The predicted octanol–water partition coefficient (Wildman–Crippen LogP) is 2.19. The van der Waals surface area contributed by atoms with E-state index in [1.807, 2.05) is 13.8 Å². The minimum absolute atomic E-state index is 0.0766. The number of nitro groups is 1. The van der Waals surface area contributed by atoms with Crippen LogP contribution in [-0.4, -0.2) is 34.2 Å². The molecule has 8 nitrogen and oxygen atoms in total. The molecule has 0 amide bonds. The molecule has 0 aliphatic carbocycles. The number of hydrogen-bond acceptors (Lipinski definition) is 5. The van der Waals surface area contributed by atoms with Crippen LogP contribution >= 0.6 is 0 Å². The molecule has 124 valence electrons. The van der Waals surface area contributed by atoms with Gasteiger partial charge in [0, 0.05) is 37.5 Å². The molecular weight excluding hydrogens is 320 g/mol. The third kappa shape index (κ3) is 3.57. The lowest BCUT2D eigenvalue weighted by Gasteiger charge is -2.15. The highest BCUT2D eigenvalue weighted by Crippen LogP contribution is 2.22. The van der Waals surface area contributed by atoms with Crippen molar-refractivity contribution < 1.29 is 13.3 Å². The fourth-order valence-electron chi connectivity index (χ4n) is 2.04. The first kappa shape index (κ1) is 17.1. The lowest BCUT2D eigenvalue weighted by Crippen LogP contribution is -2.27. The number of nitrogens with zero attached hydrogens (tertiary/aromatic N) is 4. The normalized spacial score (nSPS) is 12.0. The fraction of sp³-hybridized carbons (Fsp3) is 0.357. The number of rotatable bonds is 6. The van der Waals surface area contributed by atoms with Crippen molar-refractivity contribution in [3.8, 4) is 0 Å². The largest absolute Gasteiger partial charge is 0.334 e. The zero-order valence-electron chi connectivity index (χ0n) is 13.1. The van der Waals surface area contributed by atoms with Crippen molar-refractivity contribution in [2.24, 2.45) is 0 Å². The van der Waals surface area contributed by atoms with Crippen LogP contribution in [0.4, 0.5) is 5.69 Å². The van der Waals surface area contributed by atoms with E-state index in [0.29, 0.717) is 5.56 Å². The van der Waals surface area contributed by atoms with Crippen LogP contribution in [0.5, 0.6) is 0 Å². The van der Waals surface area contributed by atoms with E-state index in [9.17, 15) is 18.5 Å². The van der Waals surface area contributed by atoms with Crippen LogP contribution in [0, 0.1) is 10.1 Å². The first-order valence-corrected chi connectivity index (χ1v) is 8.39. The van der Waals surface area contributed by atoms with Crippen molar-refractivity contribution in [3.63, 3.8) is 0 Å². The lowest BCUT2D eigenvalue weighted by atomic mass is 10.2. The maximum absolute atomic E-state index is 12.5. The van der Waals surface area contributed by atoms with E-state index in [0.717, 1.165) is 4.31 Å². The summed E-state index contributed by atoms with van der Waals surface area (Å²) >= 11 is 0. The smallest absolute Gasteiger partial charge is 0.273 e. The van der Waals surface area contributed by atoms with Gasteiger partial charge >= 0.3 is 0 Å². The van der Waals surface area contributed by atoms with Gasteiger partial charge in [0.2, 0.25) is 0 Å². The average Bonchev–Trinajstić information content (AvgIpc) is 2.98. The van der Waals surface area contributed by atoms with Gasteiger partial charge in [-0.15, -0.1) is 0 Å². The topological polar surface area (TPSA) is 98.3 Å². The highest BCUT2D eigenvalue weighted by molar-refractivity contribution is 7.89. The van der Waals surface area contributed by atoms with Crippen LogP contribution in [0.2, 0.25) is 0 Å². The van der Waals surface area contributed by atoms with Gasteiger partial charge in [-0.05, 0) is 13.8 Å². The number of hydrogen-bond donors (Lipinski definition) is 0. The molecule has 0 fully saturated rings. The molecular formula is C14H18N4O4S. The fourth-order valence-corrected chi connectivity index (χ4v) is 3.10. The molecule has 0 bridgehead atoms. The Bertz CT molecular complexity index is 814. The Morgan fingerprint density at radius 3 is 2.57 bits per heavy atom. The standard InChI is InChI=1S/C14H18N4O4S/c1-11(2)17-9-14(15-10-17)23(21,22)16(3)8-12-6-4-5-7-13(12)18(19)20/h4-7,9-11H,8H2,1-3H3. The van der Waals surface area contributed by atoms with Crippen LogP contribution < -0.4 is 0 Å². The summed E-state index contributed by atoms with van der Waals surface area (Å²) in [4.78, 5) is 14.4. The van der Waals surface area contributed by atoms with Crippen LogP contribution in [0.1, 0.15) is 25.5 Å². The van der Waals surface area contributed by atoms with Gasteiger partial charge in [-0.1, -0.05) is 18.2 Å². The highest BCUT2D eigenvalue weighted by atomic mass is 32.2. The zero-order chi connectivity index (χ0) is 17.2. The molecule has 0 spiro atoms. The minimum atomic E-state index is -3.81. The van der Waals surface area contributed by atoms with Crippen molar-refractivity contribution in [2.75, 3.05) is 7.05 Å². The summed E-state index contributed by atoms with van der Waals surface area (Å²) in [6.07, 6.45) is 2.91. The van der Waals surface area contributed by atoms with E-state index in [4.69, 9.17) is 0 Å². The van der Waals surface area contributed by atoms with Crippen molar-refractivity contribution in [2.45, 2.75) is 31.5 Å². The minimum Gasteiger partial charge on any atom is -0.334 e. The maximum Gasteiger partial charge on any atom is 0.273 e. The summed E-state index contributed by atoms with van der Waals surface area (Å²) in [5, 5.41) is 10.9. The molecule has 0 N–H and O–H groups in total. The summed E-state index contributed by atoms with van der Waals surface area (Å²) in [5.74, 6) is 0. The molecule has 0 unspecified atom stereocenters. The van der Waals surface area contributed by atoms with Gasteiger partial charge in [0.25, 0.3) is 15.7 Å². The van der Waals surface area contributed by atoms with Gasteiger partial charge in [0.1, 0.15) is 0 Å². The second kappa shape index (κ2) is 6.47. The molecule has 1 heterocycles. The summed E-state index contributed by atoms with van der Waals surface area (Å²) < 4.78 is 27.8. The molecule has 1 aromatic carbocycles. The van der Waals surface area contributed by atoms with Gasteiger partial charge in [-0.25, -0.2) is 13.4 Å². The average molecular weight is 338 g/mol. The Labute approximate surface area is 134 Å². The first-order chi connectivity index (χ1) is 10.7. The van der Waals surface area contributed by atoms with E-state index < -0.39 is 14.9 Å². The molecule has 2 aromatic rings. The molecule has 0 aliphatic heterocycles. The van der Waals surface area contributed by atoms with E-state index in [-0.39, 0.29) is 23.3 Å². The van der Waals surface area contributed by atoms with Crippen molar-refractivity contribution in [1.29, 1.82) is 0 Å². The number of sulfonamides is 1. The zero-order valence-corrected chi connectivity index (χ0v) is 13.9. The lowest BCUT2D eigenvalue weighted by molar-refractivity contribution is -0.385. The van der Waals surface area contributed by atoms with E-state index in [1.54, 1.807) is 16.7 Å². The van der Waals surface area contributed by atoms with E-state index in [1.165, 1.54) is 31.7 Å². The molecule has 0 radical (unpaired) electrons. The van der Waals surface area contributed by atoms with Crippen LogP contribution in [0.3, 0.4) is 0 Å². The monoisotopic (exact) mass is 338 g/mol. The molecule has 9 heteroatoms. The van der Waals surface area contributed by atoms with Crippen molar-refractivity contribution >= 4 is 15.7 Å². The van der Waals surface area contributed by atoms with Gasteiger partial charge in [-0.2, -0.15) is 4.31 Å². The number of aromatic nitrogens is 2. The Morgan fingerprint density at radius 1 is 1.35 bits per heavy atom. The van der Waals surface area contributed by atoms with Crippen LogP contribution in [0.15, 0.2) is 41.8 Å². The molecule has 1 aromatic heterocycles. The summed E-state index contributed by atoms with van der Waals surface area (Å²) in [5.41, 5.74) is 0.217. The van der Waals surface area contributed by atoms with Gasteiger partial charge in [0.05, 0.1) is 11.3 Å². The van der Waals surface area contributed by atoms with Crippen molar-refractivity contribution in [1.82, 2.24) is 13.9 Å². The SMILES string of the molecule is CC(C)n1cnc(S(=O)(=O)N(C)Cc2ccccc2[N+](=O)[O-])c1. The van der Waals surface area contributed by atoms with E-state index >= 15 is 0 Å². The quantitative estimate of drug-likeness (QED) is 0.594. The summed E-state index contributed by atoms with van der Waals surface area (Å²) in [7, 11) is -2.44. The molecule has 0 aliphatic rings. The van der Waals surface area contributed by atoms with Gasteiger partial charge < -0.3 is 4.57 Å². The number of para-hydroxylation sites is 1. The third-order valence-electron chi connectivity index (χ3n) is 3.43. The van der Waals surface area contributed by atoms with Crippen LogP contribution in [-0.2, 0) is 16.6 Å². The maximum atomic E-state index is 12.5. The predicted molar refractivity (Wildman–Crippen MR) is 84.4 cm³/mol. The first-order valence-electron chi connectivity index (χ1n) is 6.95. The number of benzene rings is 1. The number of nitro benzene ring substituents is 1. The van der Waals surface area contributed by atoms with Gasteiger partial charge in [0.15, 0.2) is 5.03 Å². The van der Waals surface area contributed by atoms with Crippen LogP contribution in [0.25, 0.3) is 0 Å². The second-order valence-corrected chi connectivity index (χ2v) is 7.39.